The predicted octanol–water partition coefficient (Wildman–Crippen LogP) is 0.923. The minimum atomic E-state index is 0.463. The number of hydrogen-bond donors (Lipinski definition) is 1. The third kappa shape index (κ3) is 1.13. The number of hydrogen-bond acceptors (Lipinski definition) is 2. The number of nitrogens with zero attached hydrogens (tertiary/aromatic N) is 1. The molecule has 0 atom stereocenters. The standard InChI is InChI=1S/C7H7N2O/c1-2-6(5-10)7-8-3-4-9-7/h2-4H,1H3,(H,8,9)/b6-2+. The third-order valence-corrected chi connectivity index (χ3v) is 1.15. The largest absolute Gasteiger partial charge is 0.345 e. The van der Waals surface area contributed by atoms with Crippen LogP contribution in [0.15, 0.2) is 18.5 Å². The van der Waals surface area contributed by atoms with E-state index in [1.807, 2.05) is 0 Å². The number of aromatic nitrogens is 2. The third-order valence-electron chi connectivity index (χ3n) is 1.15. The summed E-state index contributed by atoms with van der Waals surface area (Å²) in [4.78, 5) is 16.9. The van der Waals surface area contributed by atoms with Gasteiger partial charge in [-0.25, -0.2) is 4.98 Å². The summed E-state index contributed by atoms with van der Waals surface area (Å²) in [6, 6.07) is 0. The van der Waals surface area contributed by atoms with Gasteiger partial charge in [0.1, 0.15) is 5.82 Å². The Bertz CT molecular complexity index is 236. The van der Waals surface area contributed by atoms with E-state index in [1.54, 1.807) is 31.7 Å². The number of allylic oxidation sites excluding steroid dienone is 2. The van der Waals surface area contributed by atoms with Crippen LogP contribution >= 0.6 is 0 Å². The van der Waals surface area contributed by atoms with Crippen molar-refractivity contribution < 1.29 is 4.79 Å². The second-order valence-corrected chi connectivity index (χ2v) is 1.74. The van der Waals surface area contributed by atoms with Gasteiger partial charge in [0.2, 0.25) is 6.29 Å². The topological polar surface area (TPSA) is 45.8 Å². The molecule has 0 aliphatic carbocycles. The second kappa shape index (κ2) is 2.96. The van der Waals surface area contributed by atoms with Gasteiger partial charge in [0.05, 0.1) is 5.57 Å². The molecule has 1 aromatic heterocycles. The number of rotatable bonds is 2. The van der Waals surface area contributed by atoms with Crippen LogP contribution in [0.3, 0.4) is 0 Å². The van der Waals surface area contributed by atoms with Crippen molar-refractivity contribution in [2.24, 2.45) is 0 Å². The van der Waals surface area contributed by atoms with Crippen molar-refractivity contribution in [1.82, 2.24) is 9.97 Å². The number of aromatic amines is 1. The normalized spacial score (nSPS) is 11.5. The van der Waals surface area contributed by atoms with Gasteiger partial charge < -0.3 is 4.98 Å². The van der Waals surface area contributed by atoms with Gasteiger partial charge in [-0.05, 0) is 6.92 Å². The SMILES string of the molecule is C/C=C(\[C]=O)c1ncc[nH]1. The van der Waals surface area contributed by atoms with Gasteiger partial charge in [0, 0.05) is 12.4 Å². The van der Waals surface area contributed by atoms with E-state index in [0.29, 0.717) is 11.4 Å². The number of nitrogens with one attached hydrogen (secondary N) is 1. The molecule has 1 heterocycles. The monoisotopic (exact) mass is 135 g/mol. The first-order chi connectivity index (χ1) is 4.88. The summed E-state index contributed by atoms with van der Waals surface area (Å²) in [6.07, 6.45) is 6.69. The molecule has 1 rings (SSSR count). The maximum atomic E-state index is 10.2. The Morgan fingerprint density at radius 3 is 3.10 bits per heavy atom. The fourth-order valence-electron chi connectivity index (χ4n) is 0.657. The molecule has 0 saturated heterocycles. The molecule has 0 fully saturated rings. The van der Waals surface area contributed by atoms with Gasteiger partial charge in [0.25, 0.3) is 0 Å². The Morgan fingerprint density at radius 2 is 2.70 bits per heavy atom. The maximum absolute atomic E-state index is 10.2. The van der Waals surface area contributed by atoms with Gasteiger partial charge in [-0.1, -0.05) is 6.08 Å². The lowest BCUT2D eigenvalue weighted by molar-refractivity contribution is 0.565. The lowest BCUT2D eigenvalue weighted by Gasteiger charge is -1.87. The second-order valence-electron chi connectivity index (χ2n) is 1.74. The predicted molar refractivity (Wildman–Crippen MR) is 37.9 cm³/mol. The molecular weight excluding hydrogens is 128 g/mol. The average molecular weight is 135 g/mol. The molecule has 0 spiro atoms. The van der Waals surface area contributed by atoms with Crippen LogP contribution in [0.5, 0.6) is 0 Å². The van der Waals surface area contributed by atoms with E-state index < -0.39 is 0 Å². The Balaban J connectivity index is 2.95. The van der Waals surface area contributed by atoms with Crippen molar-refractivity contribution >= 4 is 11.9 Å². The molecule has 0 aliphatic heterocycles. The fourth-order valence-corrected chi connectivity index (χ4v) is 0.657. The molecule has 1 radical (unpaired) electrons. The smallest absolute Gasteiger partial charge is 0.237 e. The zero-order chi connectivity index (χ0) is 7.40. The molecular formula is C7H7N2O. The highest BCUT2D eigenvalue weighted by Crippen LogP contribution is 2.03. The van der Waals surface area contributed by atoms with E-state index in [1.165, 1.54) is 0 Å². The zero-order valence-corrected chi connectivity index (χ0v) is 5.59. The van der Waals surface area contributed by atoms with Crippen LogP contribution in [0, 0.1) is 0 Å². The molecule has 3 nitrogen and oxygen atoms in total. The quantitative estimate of drug-likeness (QED) is 0.613. The zero-order valence-electron chi connectivity index (χ0n) is 5.59. The Morgan fingerprint density at radius 1 is 1.90 bits per heavy atom. The Labute approximate surface area is 58.8 Å². The first-order valence-electron chi connectivity index (χ1n) is 2.92. The van der Waals surface area contributed by atoms with Crippen LogP contribution in [-0.4, -0.2) is 16.3 Å². The van der Waals surface area contributed by atoms with Crippen LogP contribution < -0.4 is 0 Å². The van der Waals surface area contributed by atoms with Crippen molar-refractivity contribution in [3.8, 4) is 0 Å². The van der Waals surface area contributed by atoms with Crippen LogP contribution in [0.1, 0.15) is 12.7 Å². The van der Waals surface area contributed by atoms with Crippen molar-refractivity contribution in [2.75, 3.05) is 0 Å². The molecule has 1 N–H and O–H groups in total. The lowest BCUT2D eigenvalue weighted by atomic mass is 10.3. The summed E-state index contributed by atoms with van der Waals surface area (Å²) in [5.74, 6) is 0.567. The summed E-state index contributed by atoms with van der Waals surface area (Å²) >= 11 is 0. The summed E-state index contributed by atoms with van der Waals surface area (Å²) in [7, 11) is 0. The Hall–Kier alpha value is -1.38. The molecule has 1 aromatic rings. The van der Waals surface area contributed by atoms with Crippen LogP contribution in [-0.2, 0) is 4.79 Å². The first kappa shape index (κ1) is 6.74. The van der Waals surface area contributed by atoms with Crippen LogP contribution in [0.4, 0.5) is 0 Å². The van der Waals surface area contributed by atoms with E-state index in [0.717, 1.165) is 0 Å². The summed E-state index contributed by atoms with van der Waals surface area (Å²) in [5, 5.41) is 0. The van der Waals surface area contributed by atoms with Crippen molar-refractivity contribution in [2.45, 2.75) is 6.92 Å². The summed E-state index contributed by atoms with van der Waals surface area (Å²) < 4.78 is 0. The van der Waals surface area contributed by atoms with Gasteiger partial charge in [-0.2, -0.15) is 0 Å². The maximum Gasteiger partial charge on any atom is 0.237 e. The van der Waals surface area contributed by atoms with Crippen molar-refractivity contribution in [3.63, 3.8) is 0 Å². The minimum absolute atomic E-state index is 0.463. The van der Waals surface area contributed by atoms with E-state index in [9.17, 15) is 4.79 Å². The van der Waals surface area contributed by atoms with Gasteiger partial charge in [0.15, 0.2) is 0 Å². The lowest BCUT2D eigenvalue weighted by Crippen LogP contribution is -1.86. The van der Waals surface area contributed by atoms with Crippen LogP contribution in [0.2, 0.25) is 0 Å². The molecule has 0 aromatic carbocycles. The highest BCUT2D eigenvalue weighted by atomic mass is 16.1. The summed E-state index contributed by atoms with van der Waals surface area (Å²) in [5.41, 5.74) is 0.463. The van der Waals surface area contributed by atoms with E-state index >= 15 is 0 Å². The molecule has 3 heteroatoms. The molecule has 0 bridgehead atoms. The number of H-pyrrole nitrogens is 1. The fraction of sp³-hybridized carbons (Fsp3) is 0.143. The van der Waals surface area contributed by atoms with Gasteiger partial charge in [-0.15, -0.1) is 0 Å². The van der Waals surface area contributed by atoms with Crippen molar-refractivity contribution in [1.29, 1.82) is 0 Å². The van der Waals surface area contributed by atoms with E-state index in [4.69, 9.17) is 0 Å². The minimum Gasteiger partial charge on any atom is -0.345 e. The highest BCUT2D eigenvalue weighted by molar-refractivity contribution is 6.05. The van der Waals surface area contributed by atoms with Gasteiger partial charge >= 0.3 is 0 Å². The van der Waals surface area contributed by atoms with Gasteiger partial charge in [-0.3, -0.25) is 4.79 Å². The number of imidazole rings is 1. The highest BCUT2D eigenvalue weighted by Gasteiger charge is 1.99. The first-order valence-corrected chi connectivity index (χ1v) is 2.92. The Kier molecular flexibility index (Phi) is 1.99. The summed E-state index contributed by atoms with van der Waals surface area (Å²) in [6.45, 7) is 1.77. The van der Waals surface area contributed by atoms with Crippen molar-refractivity contribution in [3.05, 3.63) is 24.3 Å². The van der Waals surface area contributed by atoms with Crippen LogP contribution in [0.25, 0.3) is 5.57 Å². The molecule has 0 aliphatic rings. The van der Waals surface area contributed by atoms with E-state index in [-0.39, 0.29) is 0 Å². The molecule has 10 heavy (non-hydrogen) atoms. The molecule has 51 valence electrons. The van der Waals surface area contributed by atoms with E-state index in [2.05, 4.69) is 9.97 Å². The molecule has 0 unspecified atom stereocenters. The average Bonchev–Trinajstić information content (AvgIpc) is 2.43. The number of carbonyl (C=O) groups excluding carboxylic acids is 1. The molecule has 0 saturated carbocycles. The molecule has 0 amide bonds.